The number of benzene rings is 1. The molecule has 21 heavy (non-hydrogen) atoms. The van der Waals surface area contributed by atoms with Crippen LogP contribution in [0.15, 0.2) is 24.3 Å². The van der Waals surface area contributed by atoms with Gasteiger partial charge in [0.1, 0.15) is 6.04 Å². The summed E-state index contributed by atoms with van der Waals surface area (Å²) in [6.45, 7) is 3.07. The Morgan fingerprint density at radius 3 is 2.62 bits per heavy atom. The maximum atomic E-state index is 12.2. The third-order valence-corrected chi connectivity index (χ3v) is 3.68. The molecule has 0 bridgehead atoms. The summed E-state index contributed by atoms with van der Waals surface area (Å²) in [5.41, 5.74) is 2.12. The molecule has 1 N–H and O–H groups in total. The maximum Gasteiger partial charge on any atom is 0.252 e. The molecule has 0 spiro atoms. The van der Waals surface area contributed by atoms with Crippen LogP contribution in [0, 0.1) is 0 Å². The molecule has 1 fully saturated rings. The van der Waals surface area contributed by atoms with E-state index in [4.69, 9.17) is 4.74 Å². The van der Waals surface area contributed by atoms with E-state index in [0.29, 0.717) is 19.6 Å². The predicted molar refractivity (Wildman–Crippen MR) is 81.1 cm³/mol. The van der Waals surface area contributed by atoms with E-state index in [9.17, 15) is 9.59 Å². The summed E-state index contributed by atoms with van der Waals surface area (Å²) >= 11 is 0. The molecule has 114 valence electrons. The van der Waals surface area contributed by atoms with E-state index in [2.05, 4.69) is 12.2 Å². The van der Waals surface area contributed by atoms with Gasteiger partial charge >= 0.3 is 0 Å². The number of amides is 2. The van der Waals surface area contributed by atoms with E-state index in [1.807, 2.05) is 24.3 Å². The average molecular weight is 290 g/mol. The number of rotatable bonds is 7. The molecule has 1 aliphatic rings. The molecule has 1 aromatic carbocycles. The molecule has 1 heterocycles. The summed E-state index contributed by atoms with van der Waals surface area (Å²) in [6, 6.07) is 7.50. The quantitative estimate of drug-likeness (QED) is 0.615. The minimum atomic E-state index is -0.451. The number of imide groups is 1. The first kappa shape index (κ1) is 15.5. The molecular weight excluding hydrogens is 268 g/mol. The Hall–Kier alpha value is -1.88. The van der Waals surface area contributed by atoms with Crippen molar-refractivity contribution in [1.82, 2.24) is 4.90 Å². The highest BCUT2D eigenvalue weighted by molar-refractivity contribution is 6.06. The average Bonchev–Trinajstić information content (AvgIpc) is 2.75. The van der Waals surface area contributed by atoms with Gasteiger partial charge in [-0.25, -0.2) is 0 Å². The first-order valence-electron chi connectivity index (χ1n) is 7.34. The van der Waals surface area contributed by atoms with Gasteiger partial charge in [0.15, 0.2) is 0 Å². The number of nitrogens with one attached hydrogen (secondary N) is 1. The monoisotopic (exact) mass is 290 g/mol. The summed E-state index contributed by atoms with van der Waals surface area (Å²) in [4.78, 5) is 25.5. The summed E-state index contributed by atoms with van der Waals surface area (Å²) < 4.78 is 4.95. The Morgan fingerprint density at radius 1 is 1.29 bits per heavy atom. The van der Waals surface area contributed by atoms with Gasteiger partial charge < -0.3 is 10.1 Å². The van der Waals surface area contributed by atoms with Gasteiger partial charge in [-0.15, -0.1) is 0 Å². The van der Waals surface area contributed by atoms with Crippen LogP contribution in [0.1, 0.15) is 25.3 Å². The second-order valence-electron chi connectivity index (χ2n) is 5.18. The van der Waals surface area contributed by atoms with Crippen LogP contribution in [-0.2, 0) is 20.7 Å². The highest BCUT2D eigenvalue weighted by Gasteiger charge is 2.37. The molecule has 5 nitrogen and oxygen atoms in total. The Kier molecular flexibility index (Phi) is 5.33. The van der Waals surface area contributed by atoms with Crippen molar-refractivity contribution in [3.63, 3.8) is 0 Å². The molecule has 0 unspecified atom stereocenters. The zero-order valence-corrected chi connectivity index (χ0v) is 12.6. The van der Waals surface area contributed by atoms with E-state index in [-0.39, 0.29) is 18.2 Å². The highest BCUT2D eigenvalue weighted by Crippen LogP contribution is 2.19. The van der Waals surface area contributed by atoms with Crippen molar-refractivity contribution >= 4 is 17.5 Å². The molecule has 1 aromatic rings. The molecule has 2 rings (SSSR count). The fraction of sp³-hybridized carbons (Fsp3) is 0.500. The second kappa shape index (κ2) is 7.22. The van der Waals surface area contributed by atoms with E-state index in [1.165, 1.54) is 10.5 Å². The summed E-state index contributed by atoms with van der Waals surface area (Å²) in [7, 11) is 1.61. The number of hydrogen-bond acceptors (Lipinski definition) is 4. The molecule has 0 aromatic heterocycles. The van der Waals surface area contributed by atoms with Gasteiger partial charge in [0.05, 0.1) is 6.42 Å². The van der Waals surface area contributed by atoms with Gasteiger partial charge in [-0.1, -0.05) is 19.1 Å². The Labute approximate surface area is 125 Å². The smallest absolute Gasteiger partial charge is 0.252 e. The van der Waals surface area contributed by atoms with E-state index < -0.39 is 6.04 Å². The standard InChI is InChI=1S/C16H22N2O3/c1-3-12-5-7-13(8-6-12)17-14-11-15(19)18(16(14)20)9-4-10-21-2/h5-8,14,17H,3-4,9-11H2,1-2H3/t14-/m1/s1. The Bertz CT molecular complexity index is 499. The lowest BCUT2D eigenvalue weighted by atomic mass is 10.1. The van der Waals surface area contributed by atoms with E-state index in [0.717, 1.165) is 12.1 Å². The molecule has 1 atom stereocenters. The second-order valence-corrected chi connectivity index (χ2v) is 5.18. The van der Waals surface area contributed by atoms with Gasteiger partial charge in [-0.2, -0.15) is 0 Å². The van der Waals surface area contributed by atoms with Crippen molar-refractivity contribution in [2.75, 3.05) is 25.6 Å². The number of methoxy groups -OCH3 is 1. The molecule has 0 radical (unpaired) electrons. The van der Waals surface area contributed by atoms with Gasteiger partial charge in [0.25, 0.3) is 5.91 Å². The lowest BCUT2D eigenvalue weighted by Gasteiger charge is -2.16. The van der Waals surface area contributed by atoms with Crippen molar-refractivity contribution in [1.29, 1.82) is 0 Å². The Morgan fingerprint density at radius 2 is 2.00 bits per heavy atom. The first-order valence-corrected chi connectivity index (χ1v) is 7.34. The zero-order chi connectivity index (χ0) is 15.2. The number of carbonyl (C=O) groups excluding carboxylic acids is 2. The van der Waals surface area contributed by atoms with Crippen LogP contribution in [0.3, 0.4) is 0 Å². The molecule has 0 aliphatic carbocycles. The normalized spacial score (nSPS) is 18.4. The van der Waals surface area contributed by atoms with Gasteiger partial charge in [-0.05, 0) is 30.5 Å². The van der Waals surface area contributed by atoms with E-state index >= 15 is 0 Å². The van der Waals surface area contributed by atoms with E-state index in [1.54, 1.807) is 7.11 Å². The predicted octanol–water partition coefficient (Wildman–Crippen LogP) is 1.82. The first-order chi connectivity index (χ1) is 10.2. The maximum absolute atomic E-state index is 12.2. The lowest BCUT2D eigenvalue weighted by Crippen LogP contribution is -2.35. The number of hydrogen-bond donors (Lipinski definition) is 1. The number of ether oxygens (including phenoxy) is 1. The van der Waals surface area contributed by atoms with Crippen LogP contribution in [0.25, 0.3) is 0 Å². The van der Waals surface area contributed by atoms with Crippen molar-refractivity contribution in [3.05, 3.63) is 29.8 Å². The number of aryl methyl sites for hydroxylation is 1. The number of likely N-dealkylation sites (tertiary alicyclic amines) is 1. The van der Waals surface area contributed by atoms with Crippen LogP contribution in [0.2, 0.25) is 0 Å². The Balaban J connectivity index is 1.94. The molecule has 5 heteroatoms. The third kappa shape index (κ3) is 3.82. The topological polar surface area (TPSA) is 58.6 Å². The molecule has 1 saturated heterocycles. The third-order valence-electron chi connectivity index (χ3n) is 3.68. The van der Waals surface area contributed by atoms with Crippen molar-refractivity contribution in [3.8, 4) is 0 Å². The van der Waals surface area contributed by atoms with Crippen molar-refractivity contribution in [2.24, 2.45) is 0 Å². The van der Waals surface area contributed by atoms with Crippen molar-refractivity contribution < 1.29 is 14.3 Å². The summed E-state index contributed by atoms with van der Waals surface area (Å²) in [5, 5.41) is 3.15. The highest BCUT2D eigenvalue weighted by atomic mass is 16.5. The molecule has 0 saturated carbocycles. The van der Waals surface area contributed by atoms with Gasteiger partial charge in [0, 0.05) is 25.9 Å². The van der Waals surface area contributed by atoms with Crippen LogP contribution in [0.5, 0.6) is 0 Å². The van der Waals surface area contributed by atoms with Crippen LogP contribution in [0.4, 0.5) is 5.69 Å². The number of anilines is 1. The lowest BCUT2D eigenvalue weighted by molar-refractivity contribution is -0.138. The SMILES string of the molecule is CCc1ccc(N[C@@H]2CC(=O)N(CCCOC)C2=O)cc1. The van der Waals surface area contributed by atoms with Gasteiger partial charge in [-0.3, -0.25) is 14.5 Å². The molecule has 1 aliphatic heterocycles. The van der Waals surface area contributed by atoms with Crippen molar-refractivity contribution in [2.45, 2.75) is 32.2 Å². The van der Waals surface area contributed by atoms with Gasteiger partial charge in [0.2, 0.25) is 5.91 Å². The minimum absolute atomic E-state index is 0.112. The fourth-order valence-corrected chi connectivity index (χ4v) is 2.44. The summed E-state index contributed by atoms with van der Waals surface area (Å²) in [6.07, 6.45) is 1.88. The molecular formula is C16H22N2O3. The van der Waals surface area contributed by atoms with Crippen LogP contribution >= 0.6 is 0 Å². The minimum Gasteiger partial charge on any atom is -0.385 e. The van der Waals surface area contributed by atoms with Crippen LogP contribution in [-0.4, -0.2) is 43.0 Å². The van der Waals surface area contributed by atoms with Crippen LogP contribution < -0.4 is 5.32 Å². The number of carbonyl (C=O) groups is 2. The fourth-order valence-electron chi connectivity index (χ4n) is 2.44. The summed E-state index contributed by atoms with van der Waals surface area (Å²) in [5.74, 6) is -0.255. The molecule has 2 amide bonds. The largest absolute Gasteiger partial charge is 0.385 e. The number of nitrogens with zero attached hydrogens (tertiary/aromatic N) is 1. The zero-order valence-electron chi connectivity index (χ0n) is 12.6.